The van der Waals surface area contributed by atoms with Crippen molar-refractivity contribution in [2.75, 3.05) is 13.1 Å². The molecule has 0 spiro atoms. The third-order valence-electron chi connectivity index (χ3n) is 2.93. The molecule has 0 atom stereocenters. The zero-order valence-corrected chi connectivity index (χ0v) is 7.53. The van der Waals surface area contributed by atoms with Crippen molar-refractivity contribution in [3.05, 3.63) is 0 Å². The summed E-state index contributed by atoms with van der Waals surface area (Å²) in [6, 6.07) is -1.15. The van der Waals surface area contributed by atoms with E-state index in [2.05, 4.69) is 5.32 Å². The Morgan fingerprint density at radius 1 is 1.50 bits per heavy atom. The van der Waals surface area contributed by atoms with Gasteiger partial charge >= 0.3 is 6.04 Å². The van der Waals surface area contributed by atoms with Crippen molar-refractivity contribution in [2.45, 2.75) is 32.6 Å². The number of carbonyl (C=O) groups excluding carboxylic acids is 1. The Balaban J connectivity index is 2.53. The van der Waals surface area contributed by atoms with Crippen molar-refractivity contribution in [3.8, 4) is 0 Å². The molecular formula is C9H16FNO. The maximum atomic E-state index is 12.3. The second-order valence-electron chi connectivity index (χ2n) is 3.64. The van der Waals surface area contributed by atoms with Gasteiger partial charge in [-0.1, -0.05) is 6.92 Å². The molecule has 0 saturated carbocycles. The lowest BCUT2D eigenvalue weighted by atomic mass is 9.74. The van der Waals surface area contributed by atoms with Crippen LogP contribution in [0.15, 0.2) is 0 Å². The summed E-state index contributed by atoms with van der Waals surface area (Å²) in [7, 11) is 0. The highest BCUT2D eigenvalue weighted by molar-refractivity contribution is 5.68. The third-order valence-corrected chi connectivity index (χ3v) is 2.93. The van der Waals surface area contributed by atoms with Crippen LogP contribution >= 0.6 is 0 Å². The van der Waals surface area contributed by atoms with Crippen LogP contribution in [0.1, 0.15) is 32.6 Å². The van der Waals surface area contributed by atoms with E-state index in [1.165, 1.54) is 0 Å². The molecule has 12 heavy (non-hydrogen) atoms. The van der Waals surface area contributed by atoms with E-state index in [4.69, 9.17) is 0 Å². The topological polar surface area (TPSA) is 29.1 Å². The Kier molecular flexibility index (Phi) is 3.20. The average molecular weight is 173 g/mol. The number of rotatable bonds is 3. The molecule has 0 aromatic heterocycles. The first-order chi connectivity index (χ1) is 5.68. The summed E-state index contributed by atoms with van der Waals surface area (Å²) in [5.74, 6) is 0. The summed E-state index contributed by atoms with van der Waals surface area (Å²) in [6.45, 7) is 3.87. The predicted molar refractivity (Wildman–Crippen MR) is 45.6 cm³/mol. The molecule has 1 heterocycles. The molecule has 0 unspecified atom stereocenters. The van der Waals surface area contributed by atoms with Gasteiger partial charge in [-0.2, -0.15) is 4.39 Å². The number of halogens is 1. The summed E-state index contributed by atoms with van der Waals surface area (Å²) in [5.41, 5.74) is -0.0446. The van der Waals surface area contributed by atoms with Gasteiger partial charge in [0.15, 0.2) is 0 Å². The van der Waals surface area contributed by atoms with Gasteiger partial charge < -0.3 is 5.32 Å². The van der Waals surface area contributed by atoms with Crippen molar-refractivity contribution in [1.82, 2.24) is 5.32 Å². The molecule has 3 heteroatoms. The van der Waals surface area contributed by atoms with Crippen LogP contribution in [0.2, 0.25) is 0 Å². The van der Waals surface area contributed by atoms with Crippen molar-refractivity contribution >= 4 is 6.04 Å². The molecule has 1 rings (SSSR count). The number of carbonyl (C=O) groups is 1. The van der Waals surface area contributed by atoms with Gasteiger partial charge in [0, 0.05) is 6.42 Å². The highest BCUT2D eigenvalue weighted by atomic mass is 19.1. The highest BCUT2D eigenvalue weighted by Gasteiger charge is 2.32. The van der Waals surface area contributed by atoms with Crippen molar-refractivity contribution in [3.63, 3.8) is 0 Å². The van der Waals surface area contributed by atoms with Gasteiger partial charge in [-0.05, 0) is 37.8 Å². The highest BCUT2D eigenvalue weighted by Crippen LogP contribution is 2.36. The van der Waals surface area contributed by atoms with E-state index >= 15 is 0 Å². The Morgan fingerprint density at radius 3 is 2.50 bits per heavy atom. The molecule has 0 aromatic rings. The molecule has 0 aromatic carbocycles. The molecule has 1 aliphatic rings. The van der Waals surface area contributed by atoms with E-state index in [1.54, 1.807) is 0 Å². The molecule has 0 radical (unpaired) electrons. The minimum absolute atomic E-state index is 0.0446. The Bertz CT molecular complexity index is 164. The van der Waals surface area contributed by atoms with E-state index < -0.39 is 6.04 Å². The molecular weight excluding hydrogens is 157 g/mol. The fourth-order valence-electron chi connectivity index (χ4n) is 1.91. The first kappa shape index (κ1) is 9.65. The van der Waals surface area contributed by atoms with Gasteiger partial charge in [0.1, 0.15) is 0 Å². The molecule has 1 aliphatic heterocycles. The lowest BCUT2D eigenvalue weighted by Crippen LogP contribution is -2.37. The summed E-state index contributed by atoms with van der Waals surface area (Å²) < 4.78 is 12.3. The zero-order chi connectivity index (χ0) is 9.03. The Labute approximate surface area is 72.5 Å². The molecule has 1 N–H and O–H groups in total. The fourth-order valence-corrected chi connectivity index (χ4v) is 1.91. The van der Waals surface area contributed by atoms with Gasteiger partial charge in [-0.15, -0.1) is 0 Å². The van der Waals surface area contributed by atoms with Crippen molar-refractivity contribution in [2.24, 2.45) is 5.41 Å². The molecule has 1 saturated heterocycles. The van der Waals surface area contributed by atoms with E-state index in [0.717, 1.165) is 32.4 Å². The molecule has 0 amide bonds. The third kappa shape index (κ3) is 2.27. The SMILES string of the molecule is CCC1(CC(=O)F)CCNCC1. The van der Waals surface area contributed by atoms with Crippen molar-refractivity contribution < 1.29 is 9.18 Å². The summed E-state index contributed by atoms with van der Waals surface area (Å²) in [5, 5.41) is 3.21. The lowest BCUT2D eigenvalue weighted by Gasteiger charge is -2.35. The Morgan fingerprint density at radius 2 is 2.08 bits per heavy atom. The first-order valence-corrected chi connectivity index (χ1v) is 4.58. The van der Waals surface area contributed by atoms with Crippen LogP contribution in [-0.4, -0.2) is 19.1 Å². The molecule has 0 aliphatic carbocycles. The predicted octanol–water partition coefficient (Wildman–Crippen LogP) is 1.65. The average Bonchev–Trinajstić information content (AvgIpc) is 2.05. The van der Waals surface area contributed by atoms with Gasteiger partial charge in [0.25, 0.3) is 0 Å². The van der Waals surface area contributed by atoms with Crippen LogP contribution < -0.4 is 5.32 Å². The monoisotopic (exact) mass is 173 g/mol. The number of hydrogen-bond donors (Lipinski definition) is 1. The van der Waals surface area contributed by atoms with Crippen LogP contribution in [0.5, 0.6) is 0 Å². The van der Waals surface area contributed by atoms with E-state index in [9.17, 15) is 9.18 Å². The van der Waals surface area contributed by atoms with Gasteiger partial charge in [0.05, 0.1) is 0 Å². The largest absolute Gasteiger partial charge is 0.317 e. The second kappa shape index (κ2) is 3.99. The van der Waals surface area contributed by atoms with E-state index in [0.29, 0.717) is 0 Å². The van der Waals surface area contributed by atoms with Crippen LogP contribution in [0.25, 0.3) is 0 Å². The zero-order valence-electron chi connectivity index (χ0n) is 7.53. The minimum atomic E-state index is -1.15. The van der Waals surface area contributed by atoms with Crippen LogP contribution in [0.3, 0.4) is 0 Å². The van der Waals surface area contributed by atoms with Gasteiger partial charge in [-0.3, -0.25) is 4.79 Å². The fraction of sp³-hybridized carbons (Fsp3) is 0.889. The molecule has 2 nitrogen and oxygen atoms in total. The van der Waals surface area contributed by atoms with Crippen LogP contribution in [0, 0.1) is 5.41 Å². The minimum Gasteiger partial charge on any atom is -0.317 e. The second-order valence-corrected chi connectivity index (χ2v) is 3.64. The first-order valence-electron chi connectivity index (χ1n) is 4.58. The van der Waals surface area contributed by atoms with Gasteiger partial charge in [-0.25, -0.2) is 0 Å². The van der Waals surface area contributed by atoms with Crippen molar-refractivity contribution in [1.29, 1.82) is 0 Å². The van der Waals surface area contributed by atoms with Gasteiger partial charge in [0.2, 0.25) is 0 Å². The smallest absolute Gasteiger partial charge is 0.302 e. The van der Waals surface area contributed by atoms with Crippen LogP contribution in [-0.2, 0) is 4.79 Å². The number of piperidine rings is 1. The van der Waals surface area contributed by atoms with E-state index in [1.807, 2.05) is 6.92 Å². The van der Waals surface area contributed by atoms with Crippen LogP contribution in [0.4, 0.5) is 4.39 Å². The molecule has 1 fully saturated rings. The Hall–Kier alpha value is -0.440. The summed E-state index contributed by atoms with van der Waals surface area (Å²) in [4.78, 5) is 10.4. The number of hydrogen-bond acceptors (Lipinski definition) is 2. The molecule has 0 bridgehead atoms. The number of nitrogens with one attached hydrogen (secondary N) is 1. The maximum Gasteiger partial charge on any atom is 0.302 e. The summed E-state index contributed by atoms with van der Waals surface area (Å²) >= 11 is 0. The summed E-state index contributed by atoms with van der Waals surface area (Å²) in [6.07, 6.45) is 2.88. The lowest BCUT2D eigenvalue weighted by molar-refractivity contribution is -0.132. The standard InChI is InChI=1S/C9H16FNO/c1-2-9(7-8(10)12)3-5-11-6-4-9/h11H,2-7H2,1H3. The normalized spacial score (nSPS) is 22.2. The maximum absolute atomic E-state index is 12.3. The molecule has 70 valence electrons. The van der Waals surface area contributed by atoms with E-state index in [-0.39, 0.29) is 11.8 Å². The quantitative estimate of drug-likeness (QED) is 0.657.